The Morgan fingerprint density at radius 3 is 2.18 bits per heavy atom. The highest BCUT2D eigenvalue weighted by Gasteiger charge is 2.37. The number of carbonyl (C=O) groups is 1. The molecule has 3 heteroatoms. The minimum absolute atomic E-state index is 0.0516. The molecule has 0 unspecified atom stereocenters. The van der Waals surface area contributed by atoms with Gasteiger partial charge in [-0.2, -0.15) is 0 Å². The lowest BCUT2D eigenvalue weighted by molar-refractivity contribution is -0.152. The average molecular weight is 389 g/mol. The van der Waals surface area contributed by atoms with Crippen LogP contribution in [0.1, 0.15) is 102 Å². The van der Waals surface area contributed by atoms with Crippen LogP contribution in [0.2, 0.25) is 0 Å². The molecule has 0 saturated heterocycles. The van der Waals surface area contributed by atoms with E-state index in [-0.39, 0.29) is 11.9 Å². The number of aliphatic hydroxyl groups is 1. The highest BCUT2D eigenvalue weighted by molar-refractivity contribution is 5.72. The van der Waals surface area contributed by atoms with Gasteiger partial charge in [-0.25, -0.2) is 0 Å². The molecular weight excluding hydrogens is 348 g/mol. The van der Waals surface area contributed by atoms with Crippen LogP contribution in [0.5, 0.6) is 0 Å². The van der Waals surface area contributed by atoms with Crippen LogP contribution in [0, 0.1) is 5.92 Å². The van der Waals surface area contributed by atoms with Crippen LogP contribution in [0.3, 0.4) is 0 Å². The predicted octanol–water partition coefficient (Wildman–Crippen LogP) is 6.31. The van der Waals surface area contributed by atoms with Crippen molar-refractivity contribution in [2.24, 2.45) is 5.92 Å². The third-order valence-electron chi connectivity index (χ3n) is 6.20. The van der Waals surface area contributed by atoms with Crippen molar-refractivity contribution in [3.8, 4) is 0 Å². The third-order valence-corrected chi connectivity index (χ3v) is 6.20. The molecule has 0 aromatic heterocycles. The second-order valence-electron chi connectivity index (χ2n) is 8.54. The van der Waals surface area contributed by atoms with Crippen LogP contribution in [0.15, 0.2) is 24.3 Å². The number of benzene rings is 1. The number of hydrogen-bond donors (Lipinski definition) is 1. The van der Waals surface area contributed by atoms with E-state index in [1.807, 2.05) is 0 Å². The molecule has 1 N–H and O–H groups in total. The van der Waals surface area contributed by atoms with Crippen molar-refractivity contribution in [1.29, 1.82) is 0 Å². The minimum Gasteiger partial charge on any atom is -0.465 e. The fourth-order valence-electron chi connectivity index (χ4n) is 4.18. The van der Waals surface area contributed by atoms with Gasteiger partial charge in [0.05, 0.1) is 18.1 Å². The van der Waals surface area contributed by atoms with Gasteiger partial charge in [0.2, 0.25) is 0 Å². The lowest BCUT2D eigenvalue weighted by Crippen LogP contribution is -2.34. The number of unbranched alkanes of at least 4 members (excludes halogenated alkanes) is 6. The summed E-state index contributed by atoms with van der Waals surface area (Å²) in [5.74, 6) is -0.120. The zero-order valence-electron chi connectivity index (χ0n) is 18.0. The summed E-state index contributed by atoms with van der Waals surface area (Å²) in [6.45, 7) is 4.95. The summed E-state index contributed by atoms with van der Waals surface area (Å²) in [5, 5.41) is 11.1. The standard InChI is InChI=1S/C25H40O3/c1-3-5-7-9-11-21-12-14-23(15-13-21)25(27)18-16-22(17-19-25)24(26)28-20-10-8-6-4-2/h12-15,22,27H,3-11,16-20H2,1-2H3. The fraction of sp³-hybridized carbons (Fsp3) is 0.720. The van der Waals surface area contributed by atoms with Crippen LogP contribution >= 0.6 is 0 Å². The van der Waals surface area contributed by atoms with E-state index in [0.29, 0.717) is 32.3 Å². The molecule has 0 spiro atoms. The summed E-state index contributed by atoms with van der Waals surface area (Å²) >= 11 is 0. The Balaban J connectivity index is 1.76. The quantitative estimate of drug-likeness (QED) is 0.337. The molecule has 0 radical (unpaired) electrons. The summed E-state index contributed by atoms with van der Waals surface area (Å²) in [5.41, 5.74) is 1.55. The lowest BCUT2D eigenvalue weighted by atomic mass is 9.75. The van der Waals surface area contributed by atoms with Gasteiger partial charge in [0.15, 0.2) is 0 Å². The molecule has 1 aromatic carbocycles. The summed E-state index contributed by atoms with van der Waals surface area (Å²) in [4.78, 5) is 12.3. The molecule has 0 heterocycles. The van der Waals surface area contributed by atoms with Crippen molar-refractivity contribution in [3.63, 3.8) is 0 Å². The van der Waals surface area contributed by atoms with Crippen LogP contribution in [0.4, 0.5) is 0 Å². The van der Waals surface area contributed by atoms with Crippen LogP contribution in [0.25, 0.3) is 0 Å². The lowest BCUT2D eigenvalue weighted by Gasteiger charge is -2.35. The summed E-state index contributed by atoms with van der Waals surface area (Å²) < 4.78 is 5.45. The number of aryl methyl sites for hydroxylation is 1. The Kier molecular flexibility index (Phi) is 10.0. The molecular formula is C25H40O3. The average Bonchev–Trinajstić information content (AvgIpc) is 2.72. The highest BCUT2D eigenvalue weighted by Crippen LogP contribution is 2.40. The zero-order chi connectivity index (χ0) is 20.2. The Morgan fingerprint density at radius 1 is 0.964 bits per heavy atom. The van der Waals surface area contributed by atoms with E-state index in [1.54, 1.807) is 0 Å². The summed E-state index contributed by atoms with van der Waals surface area (Å²) in [6, 6.07) is 8.49. The van der Waals surface area contributed by atoms with Gasteiger partial charge in [-0.3, -0.25) is 4.79 Å². The third kappa shape index (κ3) is 7.24. The Bertz CT molecular complexity index is 556. The molecule has 28 heavy (non-hydrogen) atoms. The Morgan fingerprint density at radius 2 is 1.57 bits per heavy atom. The van der Waals surface area contributed by atoms with Gasteiger partial charge in [-0.15, -0.1) is 0 Å². The first-order chi connectivity index (χ1) is 13.6. The molecule has 1 aromatic rings. The Labute approximate surface area is 171 Å². The molecule has 1 saturated carbocycles. The minimum atomic E-state index is -0.793. The topological polar surface area (TPSA) is 46.5 Å². The first-order valence-electron chi connectivity index (χ1n) is 11.6. The van der Waals surface area contributed by atoms with Gasteiger partial charge in [-0.05, 0) is 56.1 Å². The van der Waals surface area contributed by atoms with Crippen molar-refractivity contribution in [3.05, 3.63) is 35.4 Å². The van der Waals surface area contributed by atoms with E-state index in [4.69, 9.17) is 4.74 Å². The molecule has 0 aliphatic heterocycles. The van der Waals surface area contributed by atoms with Gasteiger partial charge in [-0.1, -0.05) is 76.6 Å². The molecule has 158 valence electrons. The predicted molar refractivity (Wildman–Crippen MR) is 115 cm³/mol. The SMILES string of the molecule is CCCCCCOC(=O)C1CCC(O)(c2ccc(CCCCCC)cc2)CC1. The zero-order valence-corrected chi connectivity index (χ0v) is 18.0. The molecule has 1 aliphatic rings. The second-order valence-corrected chi connectivity index (χ2v) is 8.54. The number of rotatable bonds is 12. The first-order valence-corrected chi connectivity index (χ1v) is 11.6. The number of carbonyl (C=O) groups excluding carboxylic acids is 1. The van der Waals surface area contributed by atoms with Gasteiger partial charge in [0.1, 0.15) is 0 Å². The van der Waals surface area contributed by atoms with Crippen LogP contribution < -0.4 is 0 Å². The second kappa shape index (κ2) is 12.3. The largest absolute Gasteiger partial charge is 0.465 e. The molecule has 1 aliphatic carbocycles. The maximum atomic E-state index is 12.3. The van der Waals surface area contributed by atoms with E-state index in [2.05, 4.69) is 38.1 Å². The maximum absolute atomic E-state index is 12.3. The van der Waals surface area contributed by atoms with Crippen molar-refractivity contribution >= 4 is 5.97 Å². The number of esters is 1. The maximum Gasteiger partial charge on any atom is 0.308 e. The van der Waals surface area contributed by atoms with Crippen molar-refractivity contribution in [1.82, 2.24) is 0 Å². The number of hydrogen-bond acceptors (Lipinski definition) is 3. The normalized spacial score (nSPS) is 22.2. The first kappa shape index (κ1) is 22.9. The van der Waals surface area contributed by atoms with Crippen molar-refractivity contribution in [2.45, 2.75) is 103 Å². The van der Waals surface area contributed by atoms with Gasteiger partial charge in [0, 0.05) is 0 Å². The molecule has 2 rings (SSSR count). The monoisotopic (exact) mass is 388 g/mol. The molecule has 3 nitrogen and oxygen atoms in total. The molecule has 0 amide bonds. The summed E-state index contributed by atoms with van der Waals surface area (Å²) in [6.07, 6.45) is 13.4. The molecule has 1 fully saturated rings. The van der Waals surface area contributed by atoms with E-state index < -0.39 is 5.60 Å². The van der Waals surface area contributed by atoms with Crippen LogP contribution in [-0.2, 0) is 21.6 Å². The molecule has 0 bridgehead atoms. The van der Waals surface area contributed by atoms with Crippen LogP contribution in [-0.4, -0.2) is 17.7 Å². The number of ether oxygens (including phenoxy) is 1. The Hall–Kier alpha value is -1.35. The smallest absolute Gasteiger partial charge is 0.308 e. The fourth-order valence-corrected chi connectivity index (χ4v) is 4.18. The highest BCUT2D eigenvalue weighted by atomic mass is 16.5. The molecule has 0 atom stereocenters. The van der Waals surface area contributed by atoms with Crippen molar-refractivity contribution < 1.29 is 14.6 Å². The van der Waals surface area contributed by atoms with E-state index in [0.717, 1.165) is 24.8 Å². The summed E-state index contributed by atoms with van der Waals surface area (Å²) in [7, 11) is 0. The van der Waals surface area contributed by atoms with E-state index >= 15 is 0 Å². The van der Waals surface area contributed by atoms with Gasteiger partial charge >= 0.3 is 5.97 Å². The van der Waals surface area contributed by atoms with Crippen molar-refractivity contribution in [2.75, 3.05) is 6.61 Å². The van der Waals surface area contributed by atoms with Gasteiger partial charge < -0.3 is 9.84 Å². The van der Waals surface area contributed by atoms with Gasteiger partial charge in [0.25, 0.3) is 0 Å². The van der Waals surface area contributed by atoms with E-state index in [1.165, 1.54) is 44.1 Å². The van der Waals surface area contributed by atoms with E-state index in [9.17, 15) is 9.90 Å².